The van der Waals surface area contributed by atoms with Crippen LogP contribution in [0.3, 0.4) is 0 Å². The van der Waals surface area contributed by atoms with Crippen LogP contribution in [0.25, 0.3) is 0 Å². The number of benzene rings is 1. The van der Waals surface area contributed by atoms with E-state index in [0.29, 0.717) is 26.0 Å². The maximum absolute atomic E-state index is 13.1. The van der Waals surface area contributed by atoms with Crippen molar-refractivity contribution in [3.05, 3.63) is 35.6 Å². The number of halogens is 2. The maximum Gasteiger partial charge on any atom is 0.220 e. The molecule has 0 fully saturated rings. The molecule has 0 spiro atoms. The lowest BCUT2D eigenvalue weighted by Crippen LogP contribution is -2.33. The van der Waals surface area contributed by atoms with Gasteiger partial charge in [0.1, 0.15) is 5.82 Å². The summed E-state index contributed by atoms with van der Waals surface area (Å²) in [7, 11) is 1.66. The fraction of sp³-hybridized carbons (Fsp3) is 0.562. The SMILES string of the molecule is COCCNCCNC(=O)CC(C)Cc1cccc(F)c1.Cl. The minimum Gasteiger partial charge on any atom is -0.383 e. The average Bonchev–Trinajstić information content (AvgIpc) is 2.42. The highest BCUT2D eigenvalue weighted by atomic mass is 35.5. The Morgan fingerprint density at radius 3 is 2.77 bits per heavy atom. The predicted molar refractivity (Wildman–Crippen MR) is 88.9 cm³/mol. The first-order chi connectivity index (χ1) is 10.1. The van der Waals surface area contributed by atoms with Gasteiger partial charge in [-0.05, 0) is 30.0 Å². The van der Waals surface area contributed by atoms with Crippen molar-refractivity contribution in [3.63, 3.8) is 0 Å². The number of rotatable bonds is 10. The fourth-order valence-electron chi connectivity index (χ4n) is 2.12. The van der Waals surface area contributed by atoms with Gasteiger partial charge in [0, 0.05) is 33.2 Å². The molecule has 0 aliphatic rings. The van der Waals surface area contributed by atoms with Crippen LogP contribution >= 0.6 is 12.4 Å². The molecule has 0 saturated heterocycles. The van der Waals surface area contributed by atoms with E-state index in [1.807, 2.05) is 13.0 Å². The van der Waals surface area contributed by atoms with Gasteiger partial charge >= 0.3 is 0 Å². The number of methoxy groups -OCH3 is 1. The number of nitrogens with one attached hydrogen (secondary N) is 2. The first-order valence-electron chi connectivity index (χ1n) is 7.32. The van der Waals surface area contributed by atoms with Gasteiger partial charge in [0.25, 0.3) is 0 Å². The van der Waals surface area contributed by atoms with Gasteiger partial charge in [0.05, 0.1) is 6.61 Å². The van der Waals surface area contributed by atoms with Gasteiger partial charge in [-0.3, -0.25) is 4.79 Å². The molecule has 4 nitrogen and oxygen atoms in total. The zero-order valence-electron chi connectivity index (χ0n) is 13.2. The van der Waals surface area contributed by atoms with E-state index in [9.17, 15) is 9.18 Å². The quantitative estimate of drug-likeness (QED) is 0.646. The number of hydrogen-bond acceptors (Lipinski definition) is 3. The molecule has 0 radical (unpaired) electrons. The van der Waals surface area contributed by atoms with E-state index in [1.165, 1.54) is 12.1 Å². The first-order valence-corrected chi connectivity index (χ1v) is 7.32. The second-order valence-electron chi connectivity index (χ2n) is 5.24. The van der Waals surface area contributed by atoms with Crippen molar-refractivity contribution < 1.29 is 13.9 Å². The number of carbonyl (C=O) groups excluding carboxylic acids is 1. The molecule has 0 aliphatic heterocycles. The normalized spacial score (nSPS) is 11.6. The highest BCUT2D eigenvalue weighted by Crippen LogP contribution is 2.12. The molecule has 1 unspecified atom stereocenters. The Morgan fingerprint density at radius 1 is 1.32 bits per heavy atom. The van der Waals surface area contributed by atoms with Gasteiger partial charge in [-0.1, -0.05) is 19.1 Å². The second kappa shape index (κ2) is 12.4. The molecule has 1 aromatic carbocycles. The number of hydrogen-bond donors (Lipinski definition) is 2. The summed E-state index contributed by atoms with van der Waals surface area (Å²) in [6.07, 6.45) is 1.16. The molecule has 1 atom stereocenters. The van der Waals surface area contributed by atoms with Crippen LogP contribution in [0.4, 0.5) is 4.39 Å². The van der Waals surface area contributed by atoms with Crippen molar-refractivity contribution >= 4 is 18.3 Å². The van der Waals surface area contributed by atoms with Crippen molar-refractivity contribution in [3.8, 4) is 0 Å². The highest BCUT2D eigenvalue weighted by molar-refractivity contribution is 5.85. The highest BCUT2D eigenvalue weighted by Gasteiger charge is 2.09. The molecule has 1 aromatic rings. The van der Waals surface area contributed by atoms with Crippen molar-refractivity contribution in [2.75, 3.05) is 33.4 Å². The Labute approximate surface area is 138 Å². The number of amides is 1. The molecule has 0 saturated carbocycles. The summed E-state index contributed by atoms with van der Waals surface area (Å²) in [5.41, 5.74) is 0.927. The lowest BCUT2D eigenvalue weighted by molar-refractivity contribution is -0.121. The van der Waals surface area contributed by atoms with E-state index in [-0.39, 0.29) is 30.0 Å². The second-order valence-corrected chi connectivity index (χ2v) is 5.24. The summed E-state index contributed by atoms with van der Waals surface area (Å²) in [5.74, 6) is -0.00743. The third kappa shape index (κ3) is 9.71. The van der Waals surface area contributed by atoms with Crippen LogP contribution in [0.5, 0.6) is 0 Å². The summed E-state index contributed by atoms with van der Waals surface area (Å²) < 4.78 is 18.0. The van der Waals surface area contributed by atoms with Crippen LogP contribution in [-0.2, 0) is 16.0 Å². The third-order valence-electron chi connectivity index (χ3n) is 3.11. The Kier molecular flexibility index (Phi) is 11.7. The zero-order valence-corrected chi connectivity index (χ0v) is 14.0. The average molecular weight is 333 g/mol. The Morgan fingerprint density at radius 2 is 2.09 bits per heavy atom. The number of ether oxygens (including phenoxy) is 1. The Hall–Kier alpha value is -1.17. The Balaban J connectivity index is 0.00000441. The minimum atomic E-state index is -0.230. The molecule has 0 aliphatic carbocycles. The zero-order chi connectivity index (χ0) is 15.5. The van der Waals surface area contributed by atoms with E-state index in [1.54, 1.807) is 13.2 Å². The van der Waals surface area contributed by atoms with Gasteiger partial charge in [-0.2, -0.15) is 0 Å². The van der Waals surface area contributed by atoms with Gasteiger partial charge in [-0.25, -0.2) is 4.39 Å². The lowest BCUT2D eigenvalue weighted by atomic mass is 9.98. The molecule has 6 heteroatoms. The summed E-state index contributed by atoms with van der Waals surface area (Å²) in [5, 5.41) is 6.03. The van der Waals surface area contributed by atoms with E-state index in [0.717, 1.165) is 18.7 Å². The van der Waals surface area contributed by atoms with Crippen molar-refractivity contribution in [2.24, 2.45) is 5.92 Å². The summed E-state index contributed by atoms with van der Waals surface area (Å²) in [6.45, 7) is 4.78. The van der Waals surface area contributed by atoms with E-state index < -0.39 is 0 Å². The molecule has 1 rings (SSSR count). The fourth-order valence-corrected chi connectivity index (χ4v) is 2.12. The predicted octanol–water partition coefficient (Wildman–Crippen LogP) is 2.17. The molecule has 22 heavy (non-hydrogen) atoms. The molecule has 0 aromatic heterocycles. The van der Waals surface area contributed by atoms with Crippen LogP contribution in [0.1, 0.15) is 18.9 Å². The van der Waals surface area contributed by atoms with Gasteiger partial charge < -0.3 is 15.4 Å². The molecule has 2 N–H and O–H groups in total. The van der Waals surface area contributed by atoms with Crippen LogP contribution in [0, 0.1) is 11.7 Å². The maximum atomic E-state index is 13.1. The Bertz CT molecular complexity index is 432. The number of carbonyl (C=O) groups is 1. The van der Waals surface area contributed by atoms with E-state index >= 15 is 0 Å². The molecule has 126 valence electrons. The van der Waals surface area contributed by atoms with Crippen molar-refractivity contribution in [1.29, 1.82) is 0 Å². The molecular formula is C16H26ClFN2O2. The van der Waals surface area contributed by atoms with Crippen LogP contribution in [-0.4, -0.2) is 39.3 Å². The smallest absolute Gasteiger partial charge is 0.220 e. The van der Waals surface area contributed by atoms with Crippen LogP contribution in [0.2, 0.25) is 0 Å². The van der Waals surface area contributed by atoms with Crippen LogP contribution < -0.4 is 10.6 Å². The lowest BCUT2D eigenvalue weighted by Gasteiger charge is -2.12. The molecular weight excluding hydrogens is 307 g/mol. The third-order valence-corrected chi connectivity index (χ3v) is 3.11. The molecule has 0 bridgehead atoms. The first kappa shape index (κ1) is 20.8. The van der Waals surface area contributed by atoms with E-state index in [4.69, 9.17) is 4.74 Å². The summed E-state index contributed by atoms with van der Waals surface area (Å²) in [4.78, 5) is 11.8. The summed E-state index contributed by atoms with van der Waals surface area (Å²) >= 11 is 0. The standard InChI is InChI=1S/C16H25FN2O2.ClH/c1-13(10-14-4-3-5-15(17)12-14)11-16(20)19-7-6-18-8-9-21-2;/h3-5,12-13,18H,6-11H2,1-2H3,(H,19,20);1H. The van der Waals surface area contributed by atoms with Gasteiger partial charge in [0.2, 0.25) is 5.91 Å². The van der Waals surface area contributed by atoms with Gasteiger partial charge in [0.15, 0.2) is 0 Å². The van der Waals surface area contributed by atoms with Crippen molar-refractivity contribution in [1.82, 2.24) is 10.6 Å². The molecule has 1 amide bonds. The monoisotopic (exact) mass is 332 g/mol. The van der Waals surface area contributed by atoms with E-state index in [2.05, 4.69) is 10.6 Å². The van der Waals surface area contributed by atoms with Gasteiger partial charge in [-0.15, -0.1) is 12.4 Å². The summed E-state index contributed by atoms with van der Waals surface area (Å²) in [6, 6.07) is 6.53. The minimum absolute atomic E-state index is 0. The van der Waals surface area contributed by atoms with Crippen molar-refractivity contribution in [2.45, 2.75) is 19.8 Å². The molecule has 0 heterocycles. The topological polar surface area (TPSA) is 50.4 Å². The largest absolute Gasteiger partial charge is 0.383 e. The van der Waals surface area contributed by atoms with Crippen LogP contribution in [0.15, 0.2) is 24.3 Å².